The lowest BCUT2D eigenvalue weighted by Crippen LogP contribution is -2.63. The van der Waals surface area contributed by atoms with Crippen LogP contribution in [0.3, 0.4) is 0 Å². The lowest BCUT2D eigenvalue weighted by atomic mass is 9.88. The van der Waals surface area contributed by atoms with Crippen molar-refractivity contribution in [3.05, 3.63) is 21.3 Å². The molecule has 0 atom stereocenters. The van der Waals surface area contributed by atoms with E-state index in [0.29, 0.717) is 5.92 Å². The Morgan fingerprint density at radius 3 is 2.69 bits per heavy atom. The molecule has 2 fully saturated rings. The van der Waals surface area contributed by atoms with Gasteiger partial charge in [0.25, 0.3) is 0 Å². The van der Waals surface area contributed by atoms with Gasteiger partial charge in [-0.2, -0.15) is 0 Å². The topological polar surface area (TPSA) is 36.4 Å². The van der Waals surface area contributed by atoms with Crippen LogP contribution in [0.4, 0.5) is 5.69 Å². The van der Waals surface area contributed by atoms with Crippen LogP contribution >= 0.6 is 31.9 Å². The van der Waals surface area contributed by atoms with E-state index >= 15 is 0 Å². The van der Waals surface area contributed by atoms with Gasteiger partial charge in [-0.05, 0) is 56.7 Å². The normalized spacial score (nSPS) is 23.1. The van der Waals surface area contributed by atoms with Crippen molar-refractivity contribution in [3.8, 4) is 0 Å². The number of hydrogen-bond donors (Lipinski definition) is 1. The van der Waals surface area contributed by atoms with Crippen molar-refractivity contribution in [3.63, 3.8) is 0 Å². The molecule has 0 amide bonds. The summed E-state index contributed by atoms with van der Waals surface area (Å²) in [7, 11) is 0. The average Bonchev–Trinajstić information content (AvgIpc) is 3.01. The Labute approximate surface area is 111 Å². The minimum Gasteiger partial charge on any atom is -0.386 e. The molecule has 16 heavy (non-hydrogen) atoms. The molecule has 2 aliphatic rings. The Bertz CT molecular complexity index is 428. The first kappa shape index (κ1) is 11.0. The first-order chi connectivity index (χ1) is 7.58. The summed E-state index contributed by atoms with van der Waals surface area (Å²) in [5.74, 6) is 0.530. The number of aliphatic hydroxyl groups is 1. The van der Waals surface area contributed by atoms with Gasteiger partial charge in [0.05, 0.1) is 5.69 Å². The highest BCUT2D eigenvalue weighted by Gasteiger charge is 2.52. The summed E-state index contributed by atoms with van der Waals surface area (Å²) in [6.45, 7) is 1.46. The smallest absolute Gasteiger partial charge is 0.129 e. The molecule has 1 aromatic heterocycles. The number of pyridine rings is 1. The van der Waals surface area contributed by atoms with Crippen LogP contribution in [-0.2, 0) is 0 Å². The molecule has 0 aromatic carbocycles. The van der Waals surface area contributed by atoms with Crippen LogP contribution in [0, 0.1) is 5.92 Å². The zero-order chi connectivity index (χ0) is 11.3. The summed E-state index contributed by atoms with van der Waals surface area (Å²) in [5.41, 5.74) is 0.613. The molecule has 1 saturated heterocycles. The van der Waals surface area contributed by atoms with Gasteiger partial charge in [0.1, 0.15) is 10.2 Å². The maximum atomic E-state index is 10.3. The van der Waals surface area contributed by atoms with E-state index in [9.17, 15) is 5.11 Å². The van der Waals surface area contributed by atoms with Gasteiger partial charge < -0.3 is 10.0 Å². The van der Waals surface area contributed by atoms with Crippen molar-refractivity contribution in [2.45, 2.75) is 18.4 Å². The van der Waals surface area contributed by atoms with Crippen molar-refractivity contribution in [1.29, 1.82) is 0 Å². The Morgan fingerprint density at radius 2 is 2.06 bits per heavy atom. The lowest BCUT2D eigenvalue weighted by molar-refractivity contribution is -0.00941. The molecule has 86 valence electrons. The summed E-state index contributed by atoms with van der Waals surface area (Å²) < 4.78 is 1.81. The quantitative estimate of drug-likeness (QED) is 0.835. The predicted molar refractivity (Wildman–Crippen MR) is 69.5 cm³/mol. The van der Waals surface area contributed by atoms with Crippen molar-refractivity contribution >= 4 is 37.5 Å². The fourth-order valence-corrected chi connectivity index (χ4v) is 3.08. The molecule has 0 radical (unpaired) electrons. The first-order valence-corrected chi connectivity index (χ1v) is 6.95. The zero-order valence-corrected chi connectivity index (χ0v) is 11.8. The second-order valence-corrected chi connectivity index (χ2v) is 6.36. The highest BCUT2D eigenvalue weighted by Crippen LogP contribution is 2.46. The fraction of sp³-hybridized carbons (Fsp3) is 0.545. The fourth-order valence-electron chi connectivity index (χ4n) is 2.30. The van der Waals surface area contributed by atoms with Crippen LogP contribution in [0.5, 0.6) is 0 Å². The maximum absolute atomic E-state index is 10.3. The third kappa shape index (κ3) is 1.79. The molecule has 0 spiro atoms. The molecule has 1 aliphatic carbocycles. The Morgan fingerprint density at radius 1 is 1.38 bits per heavy atom. The molecular weight excluding hydrogens is 336 g/mol. The molecule has 0 unspecified atom stereocenters. The van der Waals surface area contributed by atoms with Crippen molar-refractivity contribution < 1.29 is 5.11 Å². The summed E-state index contributed by atoms with van der Waals surface area (Å²) in [6.07, 6.45) is 4.13. The van der Waals surface area contributed by atoms with Gasteiger partial charge in [0.15, 0.2) is 0 Å². The Balaban J connectivity index is 1.77. The van der Waals surface area contributed by atoms with Gasteiger partial charge in [-0.1, -0.05) is 0 Å². The third-order valence-corrected chi connectivity index (χ3v) is 4.44. The minimum absolute atomic E-state index is 0.443. The highest BCUT2D eigenvalue weighted by atomic mass is 79.9. The van der Waals surface area contributed by atoms with Gasteiger partial charge in [-0.25, -0.2) is 4.98 Å². The minimum atomic E-state index is -0.443. The summed E-state index contributed by atoms with van der Waals surface area (Å²) in [5, 5.41) is 10.3. The highest BCUT2D eigenvalue weighted by molar-refractivity contribution is 9.11. The van der Waals surface area contributed by atoms with Crippen molar-refractivity contribution in [2.24, 2.45) is 5.92 Å². The number of rotatable bonds is 2. The largest absolute Gasteiger partial charge is 0.386 e. The van der Waals surface area contributed by atoms with Gasteiger partial charge in [0, 0.05) is 23.8 Å². The number of anilines is 1. The van der Waals surface area contributed by atoms with E-state index < -0.39 is 5.60 Å². The molecule has 1 aromatic rings. The molecule has 5 heteroatoms. The van der Waals surface area contributed by atoms with E-state index in [4.69, 9.17) is 0 Å². The average molecular weight is 348 g/mol. The van der Waals surface area contributed by atoms with Crippen LogP contribution in [0.15, 0.2) is 21.3 Å². The lowest BCUT2D eigenvalue weighted by Gasteiger charge is -2.48. The summed E-state index contributed by atoms with van der Waals surface area (Å²) in [4.78, 5) is 6.40. The third-order valence-electron chi connectivity index (χ3n) is 3.39. The second kappa shape index (κ2) is 3.68. The molecule has 2 heterocycles. The summed E-state index contributed by atoms with van der Waals surface area (Å²) in [6, 6.07) is 2.03. The molecule has 1 aliphatic heterocycles. The van der Waals surface area contributed by atoms with E-state index in [1.54, 1.807) is 6.20 Å². The molecule has 1 N–H and O–H groups in total. The molecule has 1 saturated carbocycles. The van der Waals surface area contributed by atoms with E-state index in [0.717, 1.165) is 27.9 Å². The number of β-amino-alcohol motifs (C(OH)–C–C–N with tert-alkyl or cyclic N) is 1. The van der Waals surface area contributed by atoms with Crippen LogP contribution in [-0.4, -0.2) is 28.8 Å². The molecule has 3 nitrogen and oxygen atoms in total. The van der Waals surface area contributed by atoms with Crippen LogP contribution in [0.25, 0.3) is 0 Å². The first-order valence-electron chi connectivity index (χ1n) is 5.37. The monoisotopic (exact) mass is 346 g/mol. The van der Waals surface area contributed by atoms with E-state index in [2.05, 4.69) is 41.7 Å². The maximum Gasteiger partial charge on any atom is 0.129 e. The zero-order valence-electron chi connectivity index (χ0n) is 8.66. The Hall–Kier alpha value is -0.130. The van der Waals surface area contributed by atoms with Crippen molar-refractivity contribution in [1.82, 2.24) is 4.98 Å². The van der Waals surface area contributed by atoms with Gasteiger partial charge in [0.2, 0.25) is 0 Å². The molecular formula is C11H12Br2N2O. The van der Waals surface area contributed by atoms with Gasteiger partial charge >= 0.3 is 0 Å². The second-order valence-electron chi connectivity index (χ2n) is 4.70. The van der Waals surface area contributed by atoms with Crippen LogP contribution in [0.1, 0.15) is 12.8 Å². The van der Waals surface area contributed by atoms with Crippen LogP contribution < -0.4 is 4.90 Å². The number of aromatic nitrogens is 1. The number of hydrogen-bond acceptors (Lipinski definition) is 3. The standard InChI is InChI=1S/C11H12Br2N2O/c12-8-3-9(10(13)14-4-8)15-5-11(16,6-15)7-1-2-7/h3-4,7,16H,1-2,5-6H2. The van der Waals surface area contributed by atoms with E-state index in [-0.39, 0.29) is 0 Å². The van der Waals surface area contributed by atoms with E-state index in [1.165, 1.54) is 12.8 Å². The molecule has 3 rings (SSSR count). The van der Waals surface area contributed by atoms with Crippen LogP contribution in [0.2, 0.25) is 0 Å². The Kier molecular flexibility index (Phi) is 2.53. The van der Waals surface area contributed by atoms with Gasteiger partial charge in [-0.15, -0.1) is 0 Å². The SMILES string of the molecule is OC1(C2CC2)CN(c2cc(Br)cnc2Br)C1. The predicted octanol–water partition coefficient (Wildman–Crippen LogP) is 2.57. The van der Waals surface area contributed by atoms with E-state index in [1.807, 2.05) is 6.07 Å². The summed E-state index contributed by atoms with van der Waals surface area (Å²) >= 11 is 6.86. The van der Waals surface area contributed by atoms with Crippen molar-refractivity contribution in [2.75, 3.05) is 18.0 Å². The number of halogens is 2. The number of nitrogens with zero attached hydrogens (tertiary/aromatic N) is 2. The van der Waals surface area contributed by atoms with Gasteiger partial charge in [-0.3, -0.25) is 0 Å². The molecule has 0 bridgehead atoms.